The fourth-order valence-electron chi connectivity index (χ4n) is 2.45. The molecule has 0 N–H and O–H groups in total. The molecule has 19 heavy (non-hydrogen) atoms. The SMILES string of the molecule is C[N+](C)(CCCCc1ccco1)Cc1ccccc1. The summed E-state index contributed by atoms with van der Waals surface area (Å²) >= 11 is 0. The van der Waals surface area contributed by atoms with E-state index >= 15 is 0 Å². The van der Waals surface area contributed by atoms with Crippen LogP contribution in [0.25, 0.3) is 0 Å². The van der Waals surface area contributed by atoms with E-state index in [1.54, 1.807) is 6.26 Å². The number of nitrogens with zero attached hydrogens (tertiary/aromatic N) is 1. The molecule has 0 spiro atoms. The number of furan rings is 1. The minimum atomic E-state index is 1.04. The molecular weight excluding hydrogens is 234 g/mol. The Morgan fingerprint density at radius 2 is 1.74 bits per heavy atom. The second-order valence-electron chi connectivity index (χ2n) is 5.84. The van der Waals surface area contributed by atoms with Crippen LogP contribution < -0.4 is 0 Å². The normalized spacial score (nSPS) is 11.7. The van der Waals surface area contributed by atoms with Gasteiger partial charge < -0.3 is 8.90 Å². The third-order valence-electron chi connectivity index (χ3n) is 3.47. The Morgan fingerprint density at radius 3 is 2.42 bits per heavy atom. The third kappa shape index (κ3) is 4.92. The highest BCUT2D eigenvalue weighted by Crippen LogP contribution is 2.12. The van der Waals surface area contributed by atoms with E-state index in [0.717, 1.165) is 23.2 Å². The Hall–Kier alpha value is -1.54. The van der Waals surface area contributed by atoms with Crippen molar-refractivity contribution in [1.82, 2.24) is 0 Å². The highest BCUT2D eigenvalue weighted by atomic mass is 16.3. The summed E-state index contributed by atoms with van der Waals surface area (Å²) in [5.74, 6) is 1.10. The molecule has 0 aliphatic rings. The molecule has 0 aliphatic heterocycles. The fourth-order valence-corrected chi connectivity index (χ4v) is 2.45. The Morgan fingerprint density at radius 1 is 0.947 bits per heavy atom. The Balaban J connectivity index is 1.72. The first kappa shape index (κ1) is 13.9. The predicted octanol–water partition coefficient (Wildman–Crippen LogP) is 3.88. The van der Waals surface area contributed by atoms with Crippen molar-refractivity contribution in [2.45, 2.75) is 25.8 Å². The summed E-state index contributed by atoms with van der Waals surface area (Å²) in [5, 5.41) is 0. The second-order valence-corrected chi connectivity index (χ2v) is 5.84. The standard InChI is InChI=1S/C17H24NO/c1-18(2,15-16-9-4-3-5-10-16)13-7-6-11-17-12-8-14-19-17/h3-5,8-10,12,14H,6-7,11,13,15H2,1-2H3/q+1. The van der Waals surface area contributed by atoms with Crippen LogP contribution in [0.2, 0.25) is 0 Å². The molecule has 0 saturated carbocycles. The lowest BCUT2D eigenvalue weighted by atomic mass is 10.1. The fraction of sp³-hybridized carbons (Fsp3) is 0.412. The first-order chi connectivity index (χ1) is 9.16. The van der Waals surface area contributed by atoms with Crippen molar-refractivity contribution in [3.63, 3.8) is 0 Å². The number of quaternary nitrogens is 1. The lowest BCUT2D eigenvalue weighted by Crippen LogP contribution is -2.39. The first-order valence-electron chi connectivity index (χ1n) is 7.04. The summed E-state index contributed by atoms with van der Waals surface area (Å²) in [5.41, 5.74) is 1.42. The average Bonchev–Trinajstić information content (AvgIpc) is 2.88. The largest absolute Gasteiger partial charge is 0.469 e. The molecule has 1 aromatic carbocycles. The molecule has 102 valence electrons. The van der Waals surface area contributed by atoms with Gasteiger partial charge in [-0.3, -0.25) is 0 Å². The molecule has 0 radical (unpaired) electrons. The monoisotopic (exact) mass is 258 g/mol. The molecule has 1 heterocycles. The predicted molar refractivity (Wildman–Crippen MR) is 78.8 cm³/mol. The van der Waals surface area contributed by atoms with Crippen molar-refractivity contribution < 1.29 is 8.90 Å². The molecule has 2 nitrogen and oxygen atoms in total. The van der Waals surface area contributed by atoms with Gasteiger partial charge in [0.2, 0.25) is 0 Å². The number of hydrogen-bond acceptors (Lipinski definition) is 1. The maximum atomic E-state index is 5.36. The molecule has 0 unspecified atom stereocenters. The van der Waals surface area contributed by atoms with Gasteiger partial charge in [0, 0.05) is 12.0 Å². The molecule has 1 aromatic heterocycles. The van der Waals surface area contributed by atoms with Crippen LogP contribution in [0.1, 0.15) is 24.2 Å². The summed E-state index contributed by atoms with van der Waals surface area (Å²) < 4.78 is 6.40. The van der Waals surface area contributed by atoms with Crippen molar-refractivity contribution in [1.29, 1.82) is 0 Å². The summed E-state index contributed by atoms with van der Waals surface area (Å²) in [6, 6.07) is 14.8. The highest BCUT2D eigenvalue weighted by Gasteiger charge is 2.15. The van der Waals surface area contributed by atoms with Crippen molar-refractivity contribution in [3.05, 3.63) is 60.1 Å². The van der Waals surface area contributed by atoms with Crippen molar-refractivity contribution in [3.8, 4) is 0 Å². The minimum Gasteiger partial charge on any atom is -0.469 e. The smallest absolute Gasteiger partial charge is 0.104 e. The van der Waals surface area contributed by atoms with E-state index in [4.69, 9.17) is 4.42 Å². The molecule has 2 heteroatoms. The van der Waals surface area contributed by atoms with Gasteiger partial charge in [0.15, 0.2) is 0 Å². The average molecular weight is 258 g/mol. The molecule has 0 aliphatic carbocycles. The molecule has 2 rings (SSSR count). The van der Waals surface area contributed by atoms with Crippen molar-refractivity contribution in [2.24, 2.45) is 0 Å². The first-order valence-corrected chi connectivity index (χ1v) is 7.04. The maximum Gasteiger partial charge on any atom is 0.104 e. The van der Waals surface area contributed by atoms with Gasteiger partial charge in [-0.15, -0.1) is 0 Å². The van der Waals surface area contributed by atoms with Gasteiger partial charge in [0.05, 0.1) is 26.9 Å². The topological polar surface area (TPSA) is 13.1 Å². The zero-order valence-electron chi connectivity index (χ0n) is 12.0. The van der Waals surface area contributed by atoms with Crippen LogP contribution >= 0.6 is 0 Å². The minimum absolute atomic E-state index is 1.04. The quantitative estimate of drug-likeness (QED) is 0.542. The number of hydrogen-bond donors (Lipinski definition) is 0. The number of rotatable bonds is 7. The van der Waals surface area contributed by atoms with Gasteiger partial charge in [-0.2, -0.15) is 0 Å². The zero-order valence-corrected chi connectivity index (χ0v) is 12.0. The van der Waals surface area contributed by atoms with Crippen molar-refractivity contribution >= 4 is 0 Å². The van der Waals surface area contributed by atoms with Crippen LogP contribution in [0.3, 0.4) is 0 Å². The molecule has 2 aromatic rings. The number of unbranched alkanes of at least 4 members (excludes halogenated alkanes) is 1. The van der Waals surface area contributed by atoms with E-state index in [9.17, 15) is 0 Å². The van der Waals surface area contributed by atoms with Crippen molar-refractivity contribution in [2.75, 3.05) is 20.6 Å². The molecule has 0 fully saturated rings. The van der Waals surface area contributed by atoms with E-state index in [-0.39, 0.29) is 0 Å². The van der Waals surface area contributed by atoms with Crippen LogP contribution in [-0.2, 0) is 13.0 Å². The lowest BCUT2D eigenvalue weighted by molar-refractivity contribution is -0.903. The van der Waals surface area contributed by atoms with E-state index < -0.39 is 0 Å². The van der Waals surface area contributed by atoms with E-state index in [0.29, 0.717) is 0 Å². The number of aryl methyl sites for hydroxylation is 1. The van der Waals surface area contributed by atoms with Crippen LogP contribution in [-0.4, -0.2) is 25.1 Å². The molecular formula is C17H24NO+. The summed E-state index contributed by atoms with van der Waals surface area (Å²) in [4.78, 5) is 0. The molecule has 0 saturated heterocycles. The maximum absolute atomic E-state index is 5.36. The van der Waals surface area contributed by atoms with E-state index in [1.807, 2.05) is 6.07 Å². The van der Waals surface area contributed by atoms with E-state index in [2.05, 4.69) is 50.5 Å². The molecule has 0 atom stereocenters. The second kappa shape index (κ2) is 6.58. The summed E-state index contributed by atoms with van der Waals surface area (Å²) in [7, 11) is 4.61. The zero-order chi connectivity index (χ0) is 13.6. The van der Waals surface area contributed by atoms with Crippen LogP contribution in [0.4, 0.5) is 0 Å². The lowest BCUT2D eigenvalue weighted by Gasteiger charge is -2.30. The summed E-state index contributed by atoms with van der Waals surface area (Å²) in [6.07, 6.45) is 5.24. The Labute approximate surface area is 116 Å². The van der Waals surface area contributed by atoms with Gasteiger partial charge in [-0.25, -0.2) is 0 Å². The van der Waals surface area contributed by atoms with E-state index in [1.165, 1.54) is 24.9 Å². The van der Waals surface area contributed by atoms with Gasteiger partial charge in [0.25, 0.3) is 0 Å². The third-order valence-corrected chi connectivity index (χ3v) is 3.47. The van der Waals surface area contributed by atoms with Gasteiger partial charge in [-0.05, 0) is 25.0 Å². The van der Waals surface area contributed by atoms with Crippen LogP contribution in [0.5, 0.6) is 0 Å². The van der Waals surface area contributed by atoms with Crippen LogP contribution in [0.15, 0.2) is 53.1 Å². The molecule has 0 amide bonds. The Kier molecular flexibility index (Phi) is 4.80. The highest BCUT2D eigenvalue weighted by molar-refractivity contribution is 5.13. The van der Waals surface area contributed by atoms with Gasteiger partial charge >= 0.3 is 0 Å². The number of benzene rings is 1. The molecule has 0 bridgehead atoms. The summed E-state index contributed by atoms with van der Waals surface area (Å²) in [6.45, 7) is 2.30. The Bertz CT molecular complexity index is 459. The van der Waals surface area contributed by atoms with Gasteiger partial charge in [0.1, 0.15) is 12.3 Å². The van der Waals surface area contributed by atoms with Crippen LogP contribution in [0, 0.1) is 0 Å². The van der Waals surface area contributed by atoms with Gasteiger partial charge in [-0.1, -0.05) is 30.3 Å².